The van der Waals surface area contributed by atoms with Gasteiger partial charge in [-0.3, -0.25) is 9.69 Å². The Balaban J connectivity index is 2.03. The van der Waals surface area contributed by atoms with E-state index in [1.165, 1.54) is 22.3 Å². The maximum absolute atomic E-state index is 14.6. The first kappa shape index (κ1) is 20.7. The smallest absolute Gasteiger partial charge is 0.235 e. The predicted molar refractivity (Wildman–Crippen MR) is 101 cm³/mol. The van der Waals surface area contributed by atoms with Crippen LogP contribution in [0.3, 0.4) is 0 Å². The van der Waals surface area contributed by atoms with Crippen molar-refractivity contribution in [1.29, 1.82) is 0 Å². The third-order valence-corrected chi connectivity index (χ3v) is 7.11. The topological polar surface area (TPSA) is 96.1 Å². The fourth-order valence-electron chi connectivity index (χ4n) is 4.27. The van der Waals surface area contributed by atoms with E-state index in [1.54, 1.807) is 6.92 Å². The minimum atomic E-state index is -3.32. The van der Waals surface area contributed by atoms with Gasteiger partial charge in [0.25, 0.3) is 0 Å². The lowest BCUT2D eigenvalue weighted by molar-refractivity contribution is -0.137. The van der Waals surface area contributed by atoms with E-state index in [9.17, 15) is 22.0 Å². The number of amides is 1. The summed E-state index contributed by atoms with van der Waals surface area (Å²) < 4.78 is 53.0. The van der Waals surface area contributed by atoms with Gasteiger partial charge >= 0.3 is 0 Å². The van der Waals surface area contributed by atoms with Crippen molar-refractivity contribution in [1.82, 2.24) is 9.21 Å². The second-order valence-corrected chi connectivity index (χ2v) is 9.60. The van der Waals surface area contributed by atoms with Gasteiger partial charge in [0.2, 0.25) is 15.9 Å². The number of nitrogens with zero attached hydrogens (tertiary/aromatic N) is 3. The number of carbonyl (C=O) groups excluding carboxylic acids is 1. The molecule has 28 heavy (non-hydrogen) atoms. The van der Waals surface area contributed by atoms with E-state index in [2.05, 4.69) is 4.99 Å². The molecule has 1 amide bonds. The lowest BCUT2D eigenvalue weighted by Crippen LogP contribution is -2.57. The summed E-state index contributed by atoms with van der Waals surface area (Å²) in [5.41, 5.74) is 4.68. The molecular formula is C18H24F2N4O3S. The van der Waals surface area contributed by atoms with E-state index >= 15 is 0 Å². The van der Waals surface area contributed by atoms with Crippen LogP contribution < -0.4 is 5.73 Å². The summed E-state index contributed by atoms with van der Waals surface area (Å²) in [6, 6.07) is 3.18. The van der Waals surface area contributed by atoms with Crippen LogP contribution in [0.2, 0.25) is 0 Å². The summed E-state index contributed by atoms with van der Waals surface area (Å²) in [4.78, 5) is 18.8. The van der Waals surface area contributed by atoms with Gasteiger partial charge in [0.1, 0.15) is 17.2 Å². The maximum atomic E-state index is 14.6. The zero-order valence-corrected chi connectivity index (χ0v) is 16.8. The van der Waals surface area contributed by atoms with Crippen molar-refractivity contribution in [2.24, 2.45) is 22.6 Å². The van der Waals surface area contributed by atoms with E-state index in [-0.39, 0.29) is 36.4 Å². The molecule has 7 nitrogen and oxygen atoms in total. The molecule has 2 N–H and O–H groups in total. The molecule has 0 radical (unpaired) electrons. The largest absolute Gasteiger partial charge is 0.369 e. The number of piperidine rings is 1. The molecule has 10 heteroatoms. The summed E-state index contributed by atoms with van der Waals surface area (Å²) >= 11 is 0. The van der Waals surface area contributed by atoms with Crippen LogP contribution >= 0.6 is 0 Å². The molecule has 1 saturated heterocycles. The molecule has 0 aromatic heterocycles. The quantitative estimate of drug-likeness (QED) is 0.805. The van der Waals surface area contributed by atoms with E-state index in [4.69, 9.17) is 5.73 Å². The summed E-state index contributed by atoms with van der Waals surface area (Å²) in [6.07, 6.45) is 2.02. The van der Waals surface area contributed by atoms with Gasteiger partial charge < -0.3 is 5.73 Å². The molecule has 0 spiro atoms. The van der Waals surface area contributed by atoms with Gasteiger partial charge in [-0.15, -0.1) is 0 Å². The highest BCUT2D eigenvalue weighted by molar-refractivity contribution is 7.88. The monoisotopic (exact) mass is 414 g/mol. The number of halogens is 2. The van der Waals surface area contributed by atoms with Gasteiger partial charge in [-0.2, -0.15) is 0 Å². The molecule has 0 aliphatic carbocycles. The Bertz CT molecular complexity index is 929. The number of guanidine groups is 1. The SMILES string of the molecule is CN1C(=O)C(C2CCN(S(C)(=O)=O)CC2)[C@@](C)(c2ccc(F)cc2F)N=C1N. The third kappa shape index (κ3) is 3.50. The second-order valence-electron chi connectivity index (χ2n) is 7.62. The van der Waals surface area contributed by atoms with Crippen molar-refractivity contribution in [3.05, 3.63) is 35.4 Å². The van der Waals surface area contributed by atoms with E-state index in [1.807, 2.05) is 0 Å². The van der Waals surface area contributed by atoms with Gasteiger partial charge in [-0.1, -0.05) is 6.07 Å². The zero-order chi connectivity index (χ0) is 20.9. The van der Waals surface area contributed by atoms with Gasteiger partial charge in [0.15, 0.2) is 5.96 Å². The fraction of sp³-hybridized carbons (Fsp3) is 0.556. The Morgan fingerprint density at radius 1 is 1.25 bits per heavy atom. The molecule has 1 unspecified atom stereocenters. The molecule has 0 saturated carbocycles. The number of carbonyl (C=O) groups is 1. The minimum Gasteiger partial charge on any atom is -0.369 e. The lowest BCUT2D eigenvalue weighted by Gasteiger charge is -2.46. The Kier molecular flexibility index (Phi) is 5.22. The Morgan fingerprint density at radius 3 is 2.39 bits per heavy atom. The van der Waals surface area contributed by atoms with E-state index < -0.39 is 33.1 Å². The highest BCUT2D eigenvalue weighted by Crippen LogP contribution is 2.45. The number of aliphatic imine (C=N–C) groups is 1. The van der Waals surface area contributed by atoms with Crippen molar-refractivity contribution >= 4 is 21.9 Å². The van der Waals surface area contributed by atoms with E-state index in [0.29, 0.717) is 12.8 Å². The van der Waals surface area contributed by atoms with Crippen LogP contribution in [0.4, 0.5) is 8.78 Å². The maximum Gasteiger partial charge on any atom is 0.235 e. The molecule has 154 valence electrons. The first-order valence-corrected chi connectivity index (χ1v) is 10.8. The standard InChI is InChI=1S/C18H24F2N4O3S/c1-18(13-5-4-12(19)10-14(13)20)15(16(25)23(2)17(21)22-18)11-6-8-24(9-7-11)28(3,26)27/h4-5,10-11,15H,6-9H2,1-3H3,(H2,21,22)/t15?,18-/m1/s1. The second kappa shape index (κ2) is 7.07. The number of benzene rings is 1. The molecule has 1 aromatic rings. The highest BCUT2D eigenvalue weighted by atomic mass is 32.2. The molecule has 3 rings (SSSR count). The third-order valence-electron chi connectivity index (χ3n) is 5.81. The van der Waals surface area contributed by atoms with Crippen LogP contribution in [0.15, 0.2) is 23.2 Å². The van der Waals surface area contributed by atoms with Crippen molar-refractivity contribution in [2.45, 2.75) is 25.3 Å². The normalized spacial score (nSPS) is 27.8. The Hall–Kier alpha value is -2.07. The number of sulfonamides is 1. The summed E-state index contributed by atoms with van der Waals surface area (Å²) in [6.45, 7) is 2.17. The predicted octanol–water partition coefficient (Wildman–Crippen LogP) is 1.25. The average molecular weight is 414 g/mol. The molecule has 0 bridgehead atoms. The number of hydrogen-bond donors (Lipinski definition) is 1. The van der Waals surface area contributed by atoms with E-state index in [0.717, 1.165) is 18.4 Å². The molecule has 2 aliphatic heterocycles. The number of hydrogen-bond acceptors (Lipinski definition) is 5. The number of nitrogens with two attached hydrogens (primary N) is 1. The first-order valence-electron chi connectivity index (χ1n) is 8.98. The van der Waals surface area contributed by atoms with Gasteiger partial charge in [0, 0.05) is 31.8 Å². The van der Waals surface area contributed by atoms with Crippen molar-refractivity contribution in [3.63, 3.8) is 0 Å². The van der Waals surface area contributed by atoms with Gasteiger partial charge in [-0.05, 0) is 31.7 Å². The molecule has 2 heterocycles. The fourth-order valence-corrected chi connectivity index (χ4v) is 5.15. The van der Waals surface area contributed by atoms with Crippen molar-refractivity contribution in [2.75, 3.05) is 26.4 Å². The summed E-state index contributed by atoms with van der Waals surface area (Å²) in [5, 5.41) is 0. The van der Waals surface area contributed by atoms with Crippen LogP contribution in [-0.2, 0) is 20.4 Å². The molecular weight excluding hydrogens is 390 g/mol. The average Bonchev–Trinajstić information content (AvgIpc) is 2.59. The van der Waals surface area contributed by atoms with Crippen LogP contribution in [0.1, 0.15) is 25.3 Å². The van der Waals surface area contributed by atoms with Gasteiger partial charge in [0.05, 0.1) is 12.2 Å². The highest BCUT2D eigenvalue weighted by Gasteiger charge is 2.51. The zero-order valence-electron chi connectivity index (χ0n) is 16.0. The molecule has 2 atom stereocenters. The molecule has 1 aromatic carbocycles. The summed E-state index contributed by atoms with van der Waals surface area (Å²) in [7, 11) is -1.82. The van der Waals surface area contributed by atoms with Crippen LogP contribution in [0, 0.1) is 23.5 Å². The van der Waals surface area contributed by atoms with Crippen LogP contribution in [0.5, 0.6) is 0 Å². The number of rotatable bonds is 3. The molecule has 1 fully saturated rings. The van der Waals surface area contributed by atoms with Crippen LogP contribution in [-0.4, -0.2) is 55.9 Å². The van der Waals surface area contributed by atoms with Gasteiger partial charge in [-0.25, -0.2) is 26.5 Å². The minimum absolute atomic E-state index is 0.0407. The Labute approximate surface area is 163 Å². The Morgan fingerprint density at radius 2 is 1.86 bits per heavy atom. The summed E-state index contributed by atoms with van der Waals surface area (Å²) in [5.74, 6) is -2.84. The van der Waals surface area contributed by atoms with Crippen molar-refractivity contribution in [3.8, 4) is 0 Å². The first-order chi connectivity index (χ1) is 12.9. The lowest BCUT2D eigenvalue weighted by atomic mass is 9.68. The van der Waals surface area contributed by atoms with Crippen LogP contribution in [0.25, 0.3) is 0 Å². The molecule has 2 aliphatic rings. The van der Waals surface area contributed by atoms with Crippen molar-refractivity contribution < 1.29 is 22.0 Å².